The number of benzene rings is 1. The maximum absolute atomic E-state index is 13.2. The third-order valence-corrected chi connectivity index (χ3v) is 2.01. The van der Waals surface area contributed by atoms with Gasteiger partial charge in [-0.1, -0.05) is 13.0 Å². The highest BCUT2D eigenvalue weighted by Crippen LogP contribution is 2.14. The molecule has 0 unspecified atom stereocenters. The first-order valence-electron chi connectivity index (χ1n) is 5.19. The number of carbonyl (C=O) groups excluding carboxylic acids is 2. The van der Waals surface area contributed by atoms with E-state index in [0.29, 0.717) is 6.42 Å². The number of ether oxygens (including phenoxy) is 1. The van der Waals surface area contributed by atoms with E-state index in [1.54, 1.807) is 6.92 Å². The van der Waals surface area contributed by atoms with Crippen LogP contribution < -0.4 is 0 Å². The SMILES string of the molecule is CCCOC(=O)CC(=O)c1c(F)cccc1F. The number of Topliss-reactive ketones (excluding diaryl/α,β-unsaturated/α-hetero) is 1. The number of halogens is 2. The van der Waals surface area contributed by atoms with Gasteiger partial charge in [-0.3, -0.25) is 9.59 Å². The van der Waals surface area contributed by atoms with Crippen molar-refractivity contribution in [3.8, 4) is 0 Å². The van der Waals surface area contributed by atoms with Crippen LogP contribution >= 0.6 is 0 Å². The number of hydrogen-bond donors (Lipinski definition) is 0. The second kappa shape index (κ2) is 6.08. The average molecular weight is 242 g/mol. The Labute approximate surface area is 97.4 Å². The minimum atomic E-state index is -0.974. The number of esters is 1. The molecule has 5 heteroatoms. The summed E-state index contributed by atoms with van der Waals surface area (Å²) in [6.07, 6.45) is -0.0359. The predicted octanol–water partition coefficient (Wildman–Crippen LogP) is 2.49. The van der Waals surface area contributed by atoms with Gasteiger partial charge in [-0.15, -0.1) is 0 Å². The highest BCUT2D eigenvalue weighted by molar-refractivity contribution is 6.06. The summed E-state index contributed by atoms with van der Waals surface area (Å²) >= 11 is 0. The molecule has 1 aromatic carbocycles. The van der Waals surface area contributed by atoms with Gasteiger partial charge < -0.3 is 4.74 Å². The minimum absolute atomic E-state index is 0.186. The zero-order valence-corrected chi connectivity index (χ0v) is 9.33. The normalized spacial score (nSPS) is 10.1. The van der Waals surface area contributed by atoms with E-state index in [1.807, 2.05) is 0 Å². The maximum atomic E-state index is 13.2. The van der Waals surface area contributed by atoms with Gasteiger partial charge >= 0.3 is 5.97 Å². The first-order valence-corrected chi connectivity index (χ1v) is 5.19. The lowest BCUT2D eigenvalue weighted by Gasteiger charge is -2.04. The van der Waals surface area contributed by atoms with E-state index in [0.717, 1.165) is 18.2 Å². The molecule has 3 nitrogen and oxygen atoms in total. The molecule has 0 heterocycles. The van der Waals surface area contributed by atoms with E-state index in [2.05, 4.69) is 4.74 Å². The zero-order valence-electron chi connectivity index (χ0n) is 9.33. The van der Waals surface area contributed by atoms with Gasteiger partial charge in [0.25, 0.3) is 0 Å². The fourth-order valence-electron chi connectivity index (χ4n) is 1.25. The van der Waals surface area contributed by atoms with Crippen molar-refractivity contribution in [1.29, 1.82) is 0 Å². The molecule has 0 aliphatic rings. The van der Waals surface area contributed by atoms with Crippen molar-refractivity contribution in [3.05, 3.63) is 35.4 Å². The molecule has 1 rings (SSSR count). The topological polar surface area (TPSA) is 43.4 Å². The van der Waals surface area contributed by atoms with Crippen LogP contribution in [0.2, 0.25) is 0 Å². The highest BCUT2D eigenvalue weighted by atomic mass is 19.1. The lowest BCUT2D eigenvalue weighted by molar-refractivity contribution is -0.142. The van der Waals surface area contributed by atoms with E-state index in [1.165, 1.54) is 0 Å². The van der Waals surface area contributed by atoms with E-state index in [4.69, 9.17) is 0 Å². The van der Waals surface area contributed by atoms with Gasteiger partial charge in [0.05, 0.1) is 12.2 Å². The molecule has 92 valence electrons. The Bertz CT molecular complexity index is 410. The molecular weight excluding hydrogens is 230 g/mol. The Morgan fingerprint density at radius 1 is 1.24 bits per heavy atom. The van der Waals surface area contributed by atoms with Gasteiger partial charge in [0.2, 0.25) is 0 Å². The first-order chi connectivity index (χ1) is 8.06. The van der Waals surface area contributed by atoms with Crippen molar-refractivity contribution in [3.63, 3.8) is 0 Å². The lowest BCUT2D eigenvalue weighted by atomic mass is 10.1. The molecule has 0 aliphatic carbocycles. The highest BCUT2D eigenvalue weighted by Gasteiger charge is 2.20. The third kappa shape index (κ3) is 3.62. The Kier molecular flexibility index (Phi) is 4.75. The predicted molar refractivity (Wildman–Crippen MR) is 56.6 cm³/mol. The Balaban J connectivity index is 2.73. The maximum Gasteiger partial charge on any atom is 0.313 e. The van der Waals surface area contributed by atoms with Crippen LogP contribution in [0, 0.1) is 11.6 Å². The summed E-state index contributed by atoms with van der Waals surface area (Å²) in [5.41, 5.74) is -0.694. The van der Waals surface area contributed by atoms with Crippen LogP contribution in [0.4, 0.5) is 8.78 Å². The Hall–Kier alpha value is -1.78. The summed E-state index contributed by atoms with van der Waals surface area (Å²) in [5.74, 6) is -3.64. The van der Waals surface area contributed by atoms with Crippen LogP contribution in [0.3, 0.4) is 0 Å². The summed E-state index contributed by atoms with van der Waals surface area (Å²) in [5, 5.41) is 0. The van der Waals surface area contributed by atoms with E-state index in [-0.39, 0.29) is 6.61 Å². The standard InChI is InChI=1S/C12H12F2O3/c1-2-6-17-11(16)7-10(15)12-8(13)4-3-5-9(12)14/h3-5H,2,6-7H2,1H3. The van der Waals surface area contributed by atoms with Gasteiger partial charge in [-0.05, 0) is 18.6 Å². The molecule has 0 fully saturated rings. The lowest BCUT2D eigenvalue weighted by Crippen LogP contribution is -2.14. The van der Waals surface area contributed by atoms with Gasteiger partial charge in [0.15, 0.2) is 5.78 Å². The molecule has 0 radical (unpaired) electrons. The molecule has 0 spiro atoms. The molecule has 0 saturated heterocycles. The average Bonchev–Trinajstić information content (AvgIpc) is 2.26. The van der Waals surface area contributed by atoms with E-state index >= 15 is 0 Å². The Morgan fingerprint density at radius 3 is 2.35 bits per heavy atom. The summed E-state index contributed by atoms with van der Waals surface area (Å²) in [6, 6.07) is 3.08. The molecular formula is C12H12F2O3. The Morgan fingerprint density at radius 2 is 1.82 bits per heavy atom. The number of ketones is 1. The van der Waals surface area contributed by atoms with Crippen molar-refractivity contribution in [1.82, 2.24) is 0 Å². The van der Waals surface area contributed by atoms with Gasteiger partial charge in [0.1, 0.15) is 18.1 Å². The van der Waals surface area contributed by atoms with Crippen LogP contribution in [0.15, 0.2) is 18.2 Å². The molecule has 0 saturated carbocycles. The first kappa shape index (κ1) is 13.3. The van der Waals surface area contributed by atoms with E-state index < -0.39 is 35.4 Å². The molecule has 1 aromatic rings. The summed E-state index contributed by atoms with van der Waals surface area (Å²) in [7, 11) is 0. The fourth-order valence-corrected chi connectivity index (χ4v) is 1.25. The van der Waals surface area contributed by atoms with Crippen molar-refractivity contribution in [2.45, 2.75) is 19.8 Å². The number of rotatable bonds is 5. The summed E-state index contributed by atoms with van der Waals surface area (Å²) in [6.45, 7) is 1.98. The third-order valence-electron chi connectivity index (χ3n) is 2.01. The van der Waals surface area contributed by atoms with Gasteiger partial charge in [-0.25, -0.2) is 8.78 Å². The van der Waals surface area contributed by atoms with Crippen molar-refractivity contribution < 1.29 is 23.1 Å². The number of hydrogen-bond acceptors (Lipinski definition) is 3. The summed E-state index contributed by atoms with van der Waals surface area (Å²) < 4.78 is 31.0. The second-order valence-corrected chi connectivity index (χ2v) is 3.42. The van der Waals surface area contributed by atoms with Crippen LogP contribution in [0.5, 0.6) is 0 Å². The molecule has 0 amide bonds. The molecule has 17 heavy (non-hydrogen) atoms. The smallest absolute Gasteiger partial charge is 0.313 e. The van der Waals surface area contributed by atoms with Crippen LogP contribution in [0.25, 0.3) is 0 Å². The molecule has 0 N–H and O–H groups in total. The van der Waals surface area contributed by atoms with Crippen LogP contribution in [-0.4, -0.2) is 18.4 Å². The summed E-state index contributed by atoms with van der Waals surface area (Å²) in [4.78, 5) is 22.6. The van der Waals surface area contributed by atoms with Crippen molar-refractivity contribution in [2.75, 3.05) is 6.61 Å². The zero-order chi connectivity index (χ0) is 12.8. The molecule has 0 bridgehead atoms. The monoisotopic (exact) mass is 242 g/mol. The van der Waals surface area contributed by atoms with Crippen molar-refractivity contribution in [2.24, 2.45) is 0 Å². The number of carbonyl (C=O) groups is 2. The van der Waals surface area contributed by atoms with E-state index in [9.17, 15) is 18.4 Å². The van der Waals surface area contributed by atoms with Crippen LogP contribution in [0.1, 0.15) is 30.1 Å². The minimum Gasteiger partial charge on any atom is -0.465 e. The van der Waals surface area contributed by atoms with Crippen LogP contribution in [-0.2, 0) is 9.53 Å². The molecule has 0 aliphatic heterocycles. The molecule has 0 aromatic heterocycles. The van der Waals surface area contributed by atoms with Gasteiger partial charge in [0, 0.05) is 0 Å². The van der Waals surface area contributed by atoms with Crippen molar-refractivity contribution >= 4 is 11.8 Å². The second-order valence-electron chi connectivity index (χ2n) is 3.42. The molecule has 0 atom stereocenters. The fraction of sp³-hybridized carbons (Fsp3) is 0.333. The van der Waals surface area contributed by atoms with Gasteiger partial charge in [-0.2, -0.15) is 0 Å². The quantitative estimate of drug-likeness (QED) is 0.452. The largest absolute Gasteiger partial charge is 0.465 e.